The zero-order valence-corrected chi connectivity index (χ0v) is 19.4. The highest BCUT2D eigenvalue weighted by Gasteiger charge is 2.31. The van der Waals surface area contributed by atoms with E-state index in [2.05, 4.69) is 10.4 Å². The monoisotopic (exact) mass is 487 g/mol. The maximum atomic E-state index is 12.2. The normalized spacial score (nSPS) is 17.5. The number of benzene rings is 2. The van der Waals surface area contributed by atoms with E-state index in [4.69, 9.17) is 16.3 Å². The molecule has 1 aliphatic rings. The Morgan fingerprint density at radius 2 is 2.00 bits per heavy atom. The number of aromatic nitrogens is 2. The van der Waals surface area contributed by atoms with Gasteiger partial charge in [-0.2, -0.15) is 5.10 Å². The molecule has 8 nitrogen and oxygen atoms in total. The van der Waals surface area contributed by atoms with Gasteiger partial charge in [0.15, 0.2) is 16.4 Å². The Morgan fingerprint density at radius 3 is 2.76 bits per heavy atom. The van der Waals surface area contributed by atoms with Crippen molar-refractivity contribution in [2.45, 2.75) is 19.4 Å². The second-order valence-electron chi connectivity index (χ2n) is 7.81. The van der Waals surface area contributed by atoms with Crippen LogP contribution in [-0.4, -0.2) is 48.2 Å². The van der Waals surface area contributed by atoms with Crippen LogP contribution in [0.25, 0.3) is 16.8 Å². The maximum absolute atomic E-state index is 12.2. The van der Waals surface area contributed by atoms with Crippen molar-refractivity contribution >= 4 is 55.9 Å². The highest BCUT2D eigenvalue weighted by atomic mass is 35.5. The minimum Gasteiger partial charge on any atom is -0.452 e. The molecule has 0 saturated carbocycles. The number of halogens is 1. The van der Waals surface area contributed by atoms with Gasteiger partial charge in [-0.05, 0) is 30.9 Å². The Kier molecular flexibility index (Phi) is 6.53. The lowest BCUT2D eigenvalue weighted by Gasteiger charge is -2.09. The largest absolute Gasteiger partial charge is 0.452 e. The first kappa shape index (κ1) is 23.0. The Hall–Kier alpha value is -3.17. The SMILES string of the molecule is Cc1nn([C@H]2CCS(=O)(=O)C2)c(Cl)c1/C=C/C(=O)OCC(=O)Nc1cccc2ccccc12. The van der Waals surface area contributed by atoms with Crippen molar-refractivity contribution in [1.29, 1.82) is 0 Å². The zero-order valence-electron chi connectivity index (χ0n) is 17.8. The van der Waals surface area contributed by atoms with Gasteiger partial charge in [0.25, 0.3) is 5.91 Å². The lowest BCUT2D eigenvalue weighted by atomic mass is 10.1. The predicted molar refractivity (Wildman–Crippen MR) is 127 cm³/mol. The van der Waals surface area contributed by atoms with E-state index in [0.29, 0.717) is 23.4 Å². The first-order valence-corrected chi connectivity index (χ1v) is 12.5. The summed E-state index contributed by atoms with van der Waals surface area (Å²) in [6, 6.07) is 12.9. The van der Waals surface area contributed by atoms with Gasteiger partial charge in [0.1, 0.15) is 5.15 Å². The number of fused-ring (bicyclic) bond motifs is 1. The molecule has 2 aromatic carbocycles. The number of esters is 1. The zero-order chi connectivity index (χ0) is 23.6. The first-order chi connectivity index (χ1) is 15.7. The number of ether oxygens (including phenoxy) is 1. The molecular weight excluding hydrogens is 466 g/mol. The quantitative estimate of drug-likeness (QED) is 0.421. The standard InChI is InChI=1S/C23H22ClN3O5S/c1-15-18(23(24)27(26-15)17-11-12-33(30,31)14-17)9-10-22(29)32-13-21(28)25-20-8-4-6-16-5-2-3-7-19(16)20/h2-10,17H,11-14H2,1H3,(H,25,28)/b10-9+/t17-/m0/s1. The van der Waals surface area contributed by atoms with E-state index in [1.807, 2.05) is 36.4 Å². The van der Waals surface area contributed by atoms with Crippen molar-refractivity contribution in [3.63, 3.8) is 0 Å². The highest BCUT2D eigenvalue weighted by molar-refractivity contribution is 7.91. The Balaban J connectivity index is 1.36. The third-order valence-corrected chi connectivity index (χ3v) is 7.55. The average molecular weight is 488 g/mol. The van der Waals surface area contributed by atoms with E-state index in [1.54, 1.807) is 13.0 Å². The van der Waals surface area contributed by atoms with Gasteiger partial charge >= 0.3 is 5.97 Å². The van der Waals surface area contributed by atoms with Crippen LogP contribution in [0, 0.1) is 6.92 Å². The molecule has 1 aromatic heterocycles. The molecule has 4 rings (SSSR count). The lowest BCUT2D eigenvalue weighted by molar-refractivity contribution is -0.142. The number of carbonyl (C=O) groups excluding carboxylic acids is 2. The Bertz CT molecular complexity index is 1360. The van der Waals surface area contributed by atoms with Crippen LogP contribution in [0.1, 0.15) is 23.7 Å². The summed E-state index contributed by atoms with van der Waals surface area (Å²) in [7, 11) is -3.09. The van der Waals surface area contributed by atoms with Crippen molar-refractivity contribution < 1.29 is 22.7 Å². The number of nitrogens with one attached hydrogen (secondary N) is 1. The van der Waals surface area contributed by atoms with Crippen LogP contribution in [0.15, 0.2) is 48.5 Å². The van der Waals surface area contributed by atoms with Crippen LogP contribution < -0.4 is 5.32 Å². The molecule has 172 valence electrons. The number of nitrogens with zero attached hydrogens (tertiary/aromatic N) is 2. The Labute approximate surface area is 196 Å². The molecule has 1 saturated heterocycles. The van der Waals surface area contributed by atoms with Gasteiger partial charge in [-0.1, -0.05) is 48.0 Å². The van der Waals surface area contributed by atoms with Gasteiger partial charge < -0.3 is 10.1 Å². The molecule has 1 amide bonds. The number of amides is 1. The van der Waals surface area contributed by atoms with Crippen LogP contribution >= 0.6 is 11.6 Å². The number of rotatable bonds is 6. The summed E-state index contributed by atoms with van der Waals surface area (Å²) >= 11 is 6.39. The summed E-state index contributed by atoms with van der Waals surface area (Å²) in [5.74, 6) is -1.08. The molecule has 2 heterocycles. The first-order valence-electron chi connectivity index (χ1n) is 10.3. The third kappa shape index (κ3) is 5.26. The summed E-state index contributed by atoms with van der Waals surface area (Å²) in [6.45, 7) is 1.27. The molecule has 0 radical (unpaired) electrons. The van der Waals surface area contributed by atoms with Gasteiger partial charge in [0, 0.05) is 22.7 Å². The van der Waals surface area contributed by atoms with Gasteiger partial charge in [-0.25, -0.2) is 17.9 Å². The van der Waals surface area contributed by atoms with Gasteiger partial charge in [0.2, 0.25) is 0 Å². The van der Waals surface area contributed by atoms with Gasteiger partial charge in [-0.15, -0.1) is 0 Å². The molecule has 33 heavy (non-hydrogen) atoms. The topological polar surface area (TPSA) is 107 Å². The summed E-state index contributed by atoms with van der Waals surface area (Å²) < 4.78 is 30.0. The van der Waals surface area contributed by atoms with Crippen LogP contribution in [0.2, 0.25) is 5.15 Å². The number of anilines is 1. The van der Waals surface area contributed by atoms with Crippen molar-refractivity contribution in [2.75, 3.05) is 23.4 Å². The van der Waals surface area contributed by atoms with Crippen LogP contribution in [0.3, 0.4) is 0 Å². The van der Waals surface area contributed by atoms with Crippen molar-refractivity contribution in [1.82, 2.24) is 9.78 Å². The smallest absolute Gasteiger partial charge is 0.331 e. The van der Waals surface area contributed by atoms with E-state index in [0.717, 1.165) is 16.8 Å². The number of aryl methyl sites for hydroxylation is 1. The average Bonchev–Trinajstić information content (AvgIpc) is 3.29. The van der Waals surface area contributed by atoms with Crippen molar-refractivity contribution in [3.05, 3.63) is 65.0 Å². The number of hydrogen-bond acceptors (Lipinski definition) is 6. The predicted octanol–water partition coefficient (Wildman–Crippen LogP) is 3.55. The molecule has 10 heteroatoms. The second-order valence-corrected chi connectivity index (χ2v) is 10.4. The molecule has 1 fully saturated rings. The number of carbonyl (C=O) groups is 2. The minimum atomic E-state index is -3.09. The molecule has 0 aliphatic carbocycles. The molecule has 0 bridgehead atoms. The molecule has 0 unspecified atom stereocenters. The summed E-state index contributed by atoms with van der Waals surface area (Å²) in [4.78, 5) is 24.4. The summed E-state index contributed by atoms with van der Waals surface area (Å²) in [5.41, 5.74) is 1.69. The maximum Gasteiger partial charge on any atom is 0.331 e. The number of sulfone groups is 1. The van der Waals surface area contributed by atoms with Crippen LogP contribution in [0.5, 0.6) is 0 Å². The van der Waals surface area contributed by atoms with E-state index in [9.17, 15) is 18.0 Å². The lowest BCUT2D eigenvalue weighted by Crippen LogP contribution is -2.20. The molecule has 1 N–H and O–H groups in total. The molecule has 1 atom stereocenters. The van der Waals surface area contributed by atoms with E-state index in [-0.39, 0.29) is 22.7 Å². The summed E-state index contributed by atoms with van der Waals surface area (Å²) in [5, 5.41) is 9.21. The van der Waals surface area contributed by atoms with E-state index < -0.39 is 28.3 Å². The van der Waals surface area contributed by atoms with Crippen molar-refractivity contribution in [2.24, 2.45) is 0 Å². The van der Waals surface area contributed by atoms with E-state index >= 15 is 0 Å². The fourth-order valence-electron chi connectivity index (χ4n) is 3.79. The second kappa shape index (κ2) is 9.36. The van der Waals surface area contributed by atoms with Crippen LogP contribution in [0.4, 0.5) is 5.69 Å². The molecule has 1 aliphatic heterocycles. The highest BCUT2D eigenvalue weighted by Crippen LogP contribution is 2.30. The fourth-order valence-corrected chi connectivity index (χ4v) is 5.86. The summed E-state index contributed by atoms with van der Waals surface area (Å²) in [6.07, 6.45) is 3.06. The number of hydrogen-bond donors (Lipinski definition) is 1. The third-order valence-electron chi connectivity index (χ3n) is 5.42. The Morgan fingerprint density at radius 1 is 1.24 bits per heavy atom. The minimum absolute atomic E-state index is 0.00908. The van der Waals surface area contributed by atoms with Gasteiger partial charge in [-0.3, -0.25) is 4.79 Å². The van der Waals surface area contributed by atoms with E-state index in [1.165, 1.54) is 10.8 Å². The van der Waals surface area contributed by atoms with Gasteiger partial charge in [0.05, 0.1) is 23.2 Å². The molecular formula is C23H22ClN3O5S. The van der Waals surface area contributed by atoms with Crippen LogP contribution in [-0.2, 0) is 24.2 Å². The fraction of sp³-hybridized carbons (Fsp3) is 0.261. The molecule has 0 spiro atoms. The molecule has 3 aromatic rings. The van der Waals surface area contributed by atoms with Crippen molar-refractivity contribution in [3.8, 4) is 0 Å².